The van der Waals surface area contributed by atoms with Crippen LogP contribution in [0.4, 0.5) is 5.69 Å². The number of aryl methyl sites for hydroxylation is 1. The molecule has 0 aliphatic rings. The van der Waals surface area contributed by atoms with Crippen LogP contribution in [0.2, 0.25) is 5.15 Å². The highest BCUT2D eigenvalue weighted by molar-refractivity contribution is 6.29. The van der Waals surface area contributed by atoms with E-state index in [4.69, 9.17) is 11.6 Å². The minimum atomic E-state index is -0.408. The molecule has 2 aromatic heterocycles. The second-order valence-electron chi connectivity index (χ2n) is 3.92. The van der Waals surface area contributed by atoms with Gasteiger partial charge in [0, 0.05) is 6.20 Å². The first kappa shape index (κ1) is 12.5. The van der Waals surface area contributed by atoms with Crippen molar-refractivity contribution in [3.05, 3.63) is 50.5 Å². The summed E-state index contributed by atoms with van der Waals surface area (Å²) in [5.74, 6) is 0. The van der Waals surface area contributed by atoms with Crippen LogP contribution < -0.4 is 0 Å². The van der Waals surface area contributed by atoms with Crippen molar-refractivity contribution in [2.75, 3.05) is 0 Å². The van der Waals surface area contributed by atoms with Gasteiger partial charge in [-0.05, 0) is 25.5 Å². The van der Waals surface area contributed by atoms with Gasteiger partial charge >= 0.3 is 5.69 Å². The molecule has 2 heterocycles. The molecule has 7 heteroatoms. The van der Waals surface area contributed by atoms with Crippen LogP contribution in [-0.2, 0) is 6.54 Å². The van der Waals surface area contributed by atoms with Crippen molar-refractivity contribution in [1.82, 2.24) is 14.8 Å². The Kier molecular flexibility index (Phi) is 3.29. The predicted octanol–water partition coefficient (Wildman–Crippen LogP) is 2.50. The van der Waals surface area contributed by atoms with Gasteiger partial charge in [0.1, 0.15) is 16.5 Å². The number of nitro groups is 1. The maximum absolute atomic E-state index is 10.9. The summed E-state index contributed by atoms with van der Waals surface area (Å²) in [7, 11) is 0. The second-order valence-corrected chi connectivity index (χ2v) is 4.31. The van der Waals surface area contributed by atoms with Crippen LogP contribution in [0.1, 0.15) is 17.0 Å². The molecule has 0 spiro atoms. The van der Waals surface area contributed by atoms with Gasteiger partial charge in [0.15, 0.2) is 0 Å². The number of halogens is 1. The van der Waals surface area contributed by atoms with Crippen molar-refractivity contribution in [2.45, 2.75) is 20.4 Å². The Morgan fingerprint density at radius 2 is 2.17 bits per heavy atom. The van der Waals surface area contributed by atoms with E-state index in [1.165, 1.54) is 0 Å². The van der Waals surface area contributed by atoms with Crippen LogP contribution >= 0.6 is 11.6 Å². The molecule has 0 bridgehead atoms. The number of rotatable bonds is 3. The predicted molar refractivity (Wildman–Crippen MR) is 66.7 cm³/mol. The van der Waals surface area contributed by atoms with E-state index in [1.807, 2.05) is 6.07 Å². The molecule has 0 aromatic carbocycles. The molecule has 0 saturated heterocycles. The van der Waals surface area contributed by atoms with Gasteiger partial charge in [-0.15, -0.1) is 0 Å². The first-order valence-corrected chi connectivity index (χ1v) is 5.65. The first-order valence-electron chi connectivity index (χ1n) is 5.28. The molecule has 0 fully saturated rings. The average molecular weight is 267 g/mol. The molecule has 0 amide bonds. The molecule has 0 unspecified atom stereocenters. The third-order valence-electron chi connectivity index (χ3n) is 2.65. The van der Waals surface area contributed by atoms with Crippen molar-refractivity contribution in [2.24, 2.45) is 0 Å². The van der Waals surface area contributed by atoms with Crippen LogP contribution in [-0.4, -0.2) is 19.7 Å². The van der Waals surface area contributed by atoms with Crippen LogP contribution in [0.3, 0.4) is 0 Å². The number of hydrogen-bond acceptors (Lipinski definition) is 4. The molecule has 0 atom stereocenters. The molecular formula is C11H11ClN4O2. The van der Waals surface area contributed by atoms with Crippen molar-refractivity contribution in [3.63, 3.8) is 0 Å². The number of hydrogen-bond donors (Lipinski definition) is 0. The van der Waals surface area contributed by atoms with Crippen molar-refractivity contribution >= 4 is 17.3 Å². The Labute approximate surface area is 108 Å². The normalized spacial score (nSPS) is 10.6. The van der Waals surface area contributed by atoms with Gasteiger partial charge in [0.05, 0.1) is 11.5 Å². The molecule has 94 valence electrons. The van der Waals surface area contributed by atoms with Crippen LogP contribution in [0.5, 0.6) is 0 Å². The highest BCUT2D eigenvalue weighted by atomic mass is 35.5. The first-order chi connectivity index (χ1) is 8.49. The summed E-state index contributed by atoms with van der Waals surface area (Å²) < 4.78 is 1.60. The Bertz CT molecular complexity index is 592. The fraction of sp³-hybridized carbons (Fsp3) is 0.273. The quantitative estimate of drug-likeness (QED) is 0.486. The number of nitrogens with zero attached hydrogens (tertiary/aromatic N) is 4. The summed E-state index contributed by atoms with van der Waals surface area (Å²) in [6.07, 6.45) is 1.63. The van der Waals surface area contributed by atoms with Crippen LogP contribution in [0, 0.1) is 24.0 Å². The van der Waals surface area contributed by atoms with E-state index in [0.29, 0.717) is 23.1 Å². The standard InChI is InChI=1S/C11H11ClN4O2/c1-7-11(16(17)18)8(2)15(14-7)6-9-3-4-10(12)13-5-9/h3-5H,6H2,1-2H3. The lowest BCUT2D eigenvalue weighted by molar-refractivity contribution is -0.386. The zero-order valence-electron chi connectivity index (χ0n) is 9.92. The fourth-order valence-electron chi connectivity index (χ4n) is 1.78. The van der Waals surface area contributed by atoms with E-state index in [0.717, 1.165) is 5.56 Å². The summed E-state index contributed by atoms with van der Waals surface area (Å²) >= 11 is 5.69. The molecule has 6 nitrogen and oxygen atoms in total. The average Bonchev–Trinajstić information content (AvgIpc) is 2.57. The van der Waals surface area contributed by atoms with E-state index in [2.05, 4.69) is 10.1 Å². The second kappa shape index (κ2) is 4.73. The topological polar surface area (TPSA) is 73.8 Å². The molecule has 0 radical (unpaired) electrons. The summed E-state index contributed by atoms with van der Waals surface area (Å²) in [4.78, 5) is 14.4. The minimum absolute atomic E-state index is 0.0666. The SMILES string of the molecule is Cc1nn(Cc2ccc(Cl)nc2)c(C)c1[N+](=O)[O-]. The van der Waals surface area contributed by atoms with Gasteiger partial charge in [-0.1, -0.05) is 17.7 Å². The number of pyridine rings is 1. The van der Waals surface area contributed by atoms with Crippen molar-refractivity contribution < 1.29 is 4.92 Å². The number of aromatic nitrogens is 3. The van der Waals surface area contributed by atoms with Gasteiger partial charge in [-0.25, -0.2) is 4.98 Å². The monoisotopic (exact) mass is 266 g/mol. The van der Waals surface area contributed by atoms with E-state index >= 15 is 0 Å². The van der Waals surface area contributed by atoms with Gasteiger partial charge in [0.25, 0.3) is 0 Å². The molecular weight excluding hydrogens is 256 g/mol. The van der Waals surface area contributed by atoms with E-state index < -0.39 is 4.92 Å². The molecule has 2 rings (SSSR count). The maximum Gasteiger partial charge on any atom is 0.312 e. The molecule has 0 aliphatic heterocycles. The van der Waals surface area contributed by atoms with Gasteiger partial charge in [0.2, 0.25) is 0 Å². The molecule has 2 aromatic rings. The van der Waals surface area contributed by atoms with Crippen LogP contribution in [0.15, 0.2) is 18.3 Å². The molecule has 0 saturated carbocycles. The third kappa shape index (κ3) is 2.33. The van der Waals surface area contributed by atoms with Gasteiger partial charge in [-0.2, -0.15) is 5.10 Å². The van der Waals surface area contributed by atoms with E-state index in [9.17, 15) is 10.1 Å². The van der Waals surface area contributed by atoms with Crippen molar-refractivity contribution in [3.8, 4) is 0 Å². The smallest absolute Gasteiger partial charge is 0.258 e. The Morgan fingerprint density at radius 1 is 1.44 bits per heavy atom. The summed E-state index contributed by atoms with van der Waals surface area (Å²) in [6.45, 7) is 3.74. The summed E-state index contributed by atoms with van der Waals surface area (Å²) in [5.41, 5.74) is 1.91. The highest BCUT2D eigenvalue weighted by Crippen LogP contribution is 2.22. The lowest BCUT2D eigenvalue weighted by Gasteiger charge is -2.03. The molecule has 18 heavy (non-hydrogen) atoms. The van der Waals surface area contributed by atoms with Crippen LogP contribution in [0.25, 0.3) is 0 Å². The Morgan fingerprint density at radius 3 is 2.67 bits per heavy atom. The Hall–Kier alpha value is -1.95. The largest absolute Gasteiger partial charge is 0.312 e. The highest BCUT2D eigenvalue weighted by Gasteiger charge is 2.21. The van der Waals surface area contributed by atoms with Crippen molar-refractivity contribution in [1.29, 1.82) is 0 Å². The zero-order valence-corrected chi connectivity index (χ0v) is 10.7. The zero-order chi connectivity index (χ0) is 13.3. The summed E-state index contributed by atoms with van der Waals surface area (Å²) in [6, 6.07) is 3.49. The fourth-order valence-corrected chi connectivity index (χ4v) is 1.89. The van der Waals surface area contributed by atoms with Gasteiger partial charge in [-0.3, -0.25) is 14.8 Å². The molecule has 0 N–H and O–H groups in total. The Balaban J connectivity index is 2.33. The minimum Gasteiger partial charge on any atom is -0.258 e. The lowest BCUT2D eigenvalue weighted by Crippen LogP contribution is -2.04. The third-order valence-corrected chi connectivity index (χ3v) is 2.87. The molecule has 0 aliphatic carbocycles. The maximum atomic E-state index is 10.9. The van der Waals surface area contributed by atoms with E-state index in [1.54, 1.807) is 30.8 Å². The van der Waals surface area contributed by atoms with E-state index in [-0.39, 0.29) is 5.69 Å². The van der Waals surface area contributed by atoms with Gasteiger partial charge < -0.3 is 0 Å². The summed E-state index contributed by atoms with van der Waals surface area (Å²) in [5, 5.41) is 15.5. The lowest BCUT2D eigenvalue weighted by atomic mass is 10.3.